The molecule has 1 fully saturated rings. The van der Waals surface area contributed by atoms with Crippen LogP contribution >= 0.6 is 11.6 Å². The molecule has 1 unspecified atom stereocenters. The first-order chi connectivity index (χ1) is 7.79. The Hall–Kier alpha value is -0.240. The molecule has 1 aliphatic heterocycles. The molecule has 0 spiro atoms. The quantitative estimate of drug-likeness (QED) is 0.496. The molecule has 1 atom stereocenters. The lowest BCUT2D eigenvalue weighted by molar-refractivity contribution is -0.131. The standard InChI is InChI=1S/C13H24ClNO/c1-2-3-4-5-6-9-13(16)15-10-7-8-12(15)11-14/h12H,2-11H2,1H3. The minimum Gasteiger partial charge on any atom is -0.339 e. The van der Waals surface area contributed by atoms with Crippen LogP contribution in [0.1, 0.15) is 58.3 Å². The zero-order chi connectivity index (χ0) is 11.8. The summed E-state index contributed by atoms with van der Waals surface area (Å²) in [5, 5.41) is 0. The zero-order valence-electron chi connectivity index (χ0n) is 10.4. The first-order valence-corrected chi connectivity index (χ1v) is 7.18. The topological polar surface area (TPSA) is 20.3 Å². The highest BCUT2D eigenvalue weighted by molar-refractivity contribution is 6.18. The number of hydrogen-bond acceptors (Lipinski definition) is 1. The van der Waals surface area contributed by atoms with Crippen molar-refractivity contribution in [2.45, 2.75) is 64.3 Å². The summed E-state index contributed by atoms with van der Waals surface area (Å²) >= 11 is 5.86. The Morgan fingerprint density at radius 3 is 2.75 bits per heavy atom. The SMILES string of the molecule is CCCCCCCC(=O)N1CCCC1CCl. The van der Waals surface area contributed by atoms with E-state index in [2.05, 4.69) is 6.92 Å². The van der Waals surface area contributed by atoms with Gasteiger partial charge in [-0.25, -0.2) is 0 Å². The van der Waals surface area contributed by atoms with Gasteiger partial charge in [-0.2, -0.15) is 0 Å². The fourth-order valence-corrected chi connectivity index (χ4v) is 2.67. The molecular formula is C13H24ClNO. The molecular weight excluding hydrogens is 222 g/mol. The Kier molecular flexibility index (Phi) is 6.86. The number of halogens is 1. The number of unbranched alkanes of at least 4 members (excludes halogenated alkanes) is 4. The fourth-order valence-electron chi connectivity index (χ4n) is 2.35. The Bertz CT molecular complexity index is 208. The number of alkyl halides is 1. The Morgan fingerprint density at radius 1 is 1.31 bits per heavy atom. The van der Waals surface area contributed by atoms with Crippen molar-refractivity contribution in [1.82, 2.24) is 4.90 Å². The maximum atomic E-state index is 11.9. The molecule has 3 heteroatoms. The first-order valence-electron chi connectivity index (χ1n) is 6.65. The Labute approximate surface area is 104 Å². The number of likely N-dealkylation sites (tertiary alicyclic amines) is 1. The van der Waals surface area contributed by atoms with E-state index in [1.807, 2.05) is 4.90 Å². The summed E-state index contributed by atoms with van der Waals surface area (Å²) in [6.07, 6.45) is 8.99. The van der Waals surface area contributed by atoms with Gasteiger partial charge in [0.05, 0.1) is 0 Å². The normalized spacial score (nSPS) is 20.4. The lowest BCUT2D eigenvalue weighted by Crippen LogP contribution is -2.36. The highest BCUT2D eigenvalue weighted by Crippen LogP contribution is 2.20. The molecule has 0 bridgehead atoms. The van der Waals surface area contributed by atoms with Gasteiger partial charge in [0, 0.05) is 24.9 Å². The number of nitrogens with zero attached hydrogens (tertiary/aromatic N) is 1. The van der Waals surface area contributed by atoms with Gasteiger partial charge in [-0.1, -0.05) is 32.6 Å². The Morgan fingerprint density at radius 2 is 2.06 bits per heavy atom. The summed E-state index contributed by atoms with van der Waals surface area (Å²) in [5.41, 5.74) is 0. The van der Waals surface area contributed by atoms with Gasteiger partial charge >= 0.3 is 0 Å². The molecule has 1 rings (SSSR count). The smallest absolute Gasteiger partial charge is 0.222 e. The van der Waals surface area contributed by atoms with Crippen molar-refractivity contribution in [1.29, 1.82) is 0 Å². The maximum absolute atomic E-state index is 11.9. The number of carbonyl (C=O) groups excluding carboxylic acids is 1. The molecule has 2 nitrogen and oxygen atoms in total. The van der Waals surface area contributed by atoms with E-state index in [0.717, 1.165) is 32.2 Å². The van der Waals surface area contributed by atoms with E-state index in [-0.39, 0.29) is 0 Å². The number of hydrogen-bond donors (Lipinski definition) is 0. The van der Waals surface area contributed by atoms with E-state index in [4.69, 9.17) is 11.6 Å². The van der Waals surface area contributed by atoms with Crippen LogP contribution in [0.2, 0.25) is 0 Å². The summed E-state index contributed by atoms with van der Waals surface area (Å²) in [4.78, 5) is 13.9. The van der Waals surface area contributed by atoms with Crippen LogP contribution < -0.4 is 0 Å². The van der Waals surface area contributed by atoms with E-state index in [0.29, 0.717) is 17.8 Å². The van der Waals surface area contributed by atoms with Crippen molar-refractivity contribution >= 4 is 17.5 Å². The third-order valence-electron chi connectivity index (χ3n) is 3.37. The highest BCUT2D eigenvalue weighted by Gasteiger charge is 2.27. The predicted octanol–water partition coefficient (Wildman–Crippen LogP) is 3.58. The second kappa shape index (κ2) is 7.94. The average molecular weight is 246 g/mol. The van der Waals surface area contributed by atoms with Crippen LogP contribution in [-0.2, 0) is 4.79 Å². The van der Waals surface area contributed by atoms with Crippen LogP contribution in [0.5, 0.6) is 0 Å². The second-order valence-corrected chi connectivity index (χ2v) is 5.01. The van der Waals surface area contributed by atoms with Gasteiger partial charge in [0.25, 0.3) is 0 Å². The van der Waals surface area contributed by atoms with Crippen LogP contribution in [0.15, 0.2) is 0 Å². The molecule has 1 saturated heterocycles. The van der Waals surface area contributed by atoms with Crippen LogP contribution in [-0.4, -0.2) is 29.3 Å². The van der Waals surface area contributed by atoms with Crippen molar-refractivity contribution in [2.75, 3.05) is 12.4 Å². The lowest BCUT2D eigenvalue weighted by atomic mass is 10.1. The summed E-state index contributed by atoms with van der Waals surface area (Å²) < 4.78 is 0. The molecule has 0 N–H and O–H groups in total. The van der Waals surface area contributed by atoms with Gasteiger partial charge in [-0.15, -0.1) is 11.6 Å². The lowest BCUT2D eigenvalue weighted by Gasteiger charge is -2.22. The monoisotopic (exact) mass is 245 g/mol. The second-order valence-electron chi connectivity index (χ2n) is 4.70. The highest BCUT2D eigenvalue weighted by atomic mass is 35.5. The molecule has 94 valence electrons. The fraction of sp³-hybridized carbons (Fsp3) is 0.923. The molecule has 1 amide bonds. The van der Waals surface area contributed by atoms with Crippen molar-refractivity contribution in [3.05, 3.63) is 0 Å². The molecule has 0 aromatic heterocycles. The minimum atomic E-state index is 0.310. The van der Waals surface area contributed by atoms with Crippen molar-refractivity contribution in [2.24, 2.45) is 0 Å². The summed E-state index contributed by atoms with van der Waals surface area (Å²) in [7, 11) is 0. The maximum Gasteiger partial charge on any atom is 0.222 e. The minimum absolute atomic E-state index is 0.310. The third-order valence-corrected chi connectivity index (χ3v) is 3.73. The molecule has 1 aliphatic rings. The number of carbonyl (C=O) groups is 1. The third kappa shape index (κ3) is 4.32. The number of amides is 1. The molecule has 0 radical (unpaired) electrons. The van der Waals surface area contributed by atoms with E-state index in [9.17, 15) is 4.79 Å². The average Bonchev–Trinajstić information content (AvgIpc) is 2.76. The molecule has 0 aromatic carbocycles. The van der Waals surface area contributed by atoms with Crippen molar-refractivity contribution in [3.63, 3.8) is 0 Å². The first kappa shape index (κ1) is 13.8. The van der Waals surface area contributed by atoms with Gasteiger partial charge in [0.15, 0.2) is 0 Å². The Balaban J connectivity index is 2.14. The van der Waals surface area contributed by atoms with Gasteiger partial charge in [0.1, 0.15) is 0 Å². The zero-order valence-corrected chi connectivity index (χ0v) is 11.1. The summed E-state index contributed by atoms with van der Waals surface area (Å²) in [5.74, 6) is 0.918. The van der Waals surface area contributed by atoms with E-state index in [1.165, 1.54) is 25.7 Å². The molecule has 0 aromatic rings. The van der Waals surface area contributed by atoms with Crippen molar-refractivity contribution < 1.29 is 4.79 Å². The molecule has 1 heterocycles. The van der Waals surface area contributed by atoms with E-state index < -0.39 is 0 Å². The van der Waals surface area contributed by atoms with Gasteiger partial charge in [0.2, 0.25) is 5.91 Å². The largest absolute Gasteiger partial charge is 0.339 e. The van der Waals surface area contributed by atoms with Gasteiger partial charge in [-0.3, -0.25) is 4.79 Å². The van der Waals surface area contributed by atoms with Crippen LogP contribution in [0.4, 0.5) is 0 Å². The predicted molar refractivity (Wildman–Crippen MR) is 68.8 cm³/mol. The van der Waals surface area contributed by atoms with Crippen LogP contribution in [0.3, 0.4) is 0 Å². The van der Waals surface area contributed by atoms with Gasteiger partial charge in [-0.05, 0) is 19.3 Å². The van der Waals surface area contributed by atoms with Gasteiger partial charge < -0.3 is 4.90 Å². The van der Waals surface area contributed by atoms with E-state index >= 15 is 0 Å². The summed E-state index contributed by atoms with van der Waals surface area (Å²) in [6, 6.07) is 0.310. The van der Waals surface area contributed by atoms with Crippen LogP contribution in [0.25, 0.3) is 0 Å². The summed E-state index contributed by atoms with van der Waals surface area (Å²) in [6.45, 7) is 3.13. The molecule has 16 heavy (non-hydrogen) atoms. The van der Waals surface area contributed by atoms with Crippen LogP contribution in [0, 0.1) is 0 Å². The molecule has 0 saturated carbocycles. The number of rotatable bonds is 7. The van der Waals surface area contributed by atoms with E-state index in [1.54, 1.807) is 0 Å². The molecule has 0 aliphatic carbocycles. The van der Waals surface area contributed by atoms with Crippen molar-refractivity contribution in [3.8, 4) is 0 Å².